The van der Waals surface area contributed by atoms with Gasteiger partial charge in [0.25, 0.3) is 0 Å². The molecule has 2 saturated heterocycles. The van der Waals surface area contributed by atoms with Crippen LogP contribution in [0.1, 0.15) is 54.4 Å². The third-order valence-corrected chi connectivity index (χ3v) is 8.17. The highest BCUT2D eigenvalue weighted by Gasteiger charge is 2.36. The fourth-order valence-electron chi connectivity index (χ4n) is 3.87. The molecule has 1 unspecified atom stereocenters. The van der Waals surface area contributed by atoms with Crippen molar-refractivity contribution in [2.24, 2.45) is 17.8 Å². The van der Waals surface area contributed by atoms with E-state index in [9.17, 15) is 24.0 Å². The highest BCUT2D eigenvalue weighted by atomic mass is 33.1. The molecule has 0 radical (unpaired) electrons. The molecule has 2 heterocycles. The van der Waals surface area contributed by atoms with E-state index in [0.29, 0.717) is 24.3 Å². The van der Waals surface area contributed by atoms with E-state index >= 15 is 0 Å². The van der Waals surface area contributed by atoms with Gasteiger partial charge in [-0.3, -0.25) is 24.0 Å². The Hall–Kier alpha value is -1.95. The molecule has 0 aromatic rings. The van der Waals surface area contributed by atoms with Gasteiger partial charge in [-0.1, -0.05) is 63.1 Å². The molecule has 5 atom stereocenters. The smallest absolute Gasteiger partial charge is 0.244 e. The zero-order chi connectivity index (χ0) is 26.3. The van der Waals surface area contributed by atoms with E-state index in [0.717, 1.165) is 0 Å². The van der Waals surface area contributed by atoms with Crippen LogP contribution in [0, 0.1) is 17.8 Å². The predicted octanol–water partition coefficient (Wildman–Crippen LogP) is 0.567. The summed E-state index contributed by atoms with van der Waals surface area (Å²) in [6, 6.07) is -4.36. The fourth-order valence-corrected chi connectivity index (χ4v) is 6.20. The molecule has 0 aromatic heterocycles. The van der Waals surface area contributed by atoms with Gasteiger partial charge in [-0.05, 0) is 30.6 Å². The van der Waals surface area contributed by atoms with Crippen LogP contribution in [0.25, 0.3) is 0 Å². The molecule has 2 aliphatic rings. The lowest BCUT2D eigenvalue weighted by molar-refractivity contribution is -0.134. The van der Waals surface area contributed by atoms with Crippen molar-refractivity contribution in [2.75, 3.05) is 11.5 Å². The summed E-state index contributed by atoms with van der Waals surface area (Å²) in [4.78, 5) is 65.6. The first-order chi connectivity index (χ1) is 16.4. The number of rotatable bonds is 5. The van der Waals surface area contributed by atoms with E-state index < -0.39 is 59.7 Å². The molecule has 2 rings (SSSR count). The standard InChI is InChI=1S/C23H39N5O5S2/c1-11(2)7-14-20(30)26-16-9-34-35-10-17(27-21(16)31)22(32)28-18(13(5)6)23(33)25-15(8-12(3)4)19(29)24-14/h11-18H,7-10H2,1-6H3,(H,24,29)(H,25,33)(H,26,30)(H,27,31)(H,28,32)/t14-,15+,16+,17+,18?/m0/s1. The van der Waals surface area contributed by atoms with Gasteiger partial charge in [0.1, 0.15) is 30.2 Å². The topological polar surface area (TPSA) is 146 Å². The Kier molecular flexibility index (Phi) is 11.2. The summed E-state index contributed by atoms with van der Waals surface area (Å²) >= 11 is 0. The third kappa shape index (κ3) is 8.89. The predicted molar refractivity (Wildman–Crippen MR) is 138 cm³/mol. The minimum absolute atomic E-state index is 0.0938. The normalized spacial score (nSPS) is 29.4. The SMILES string of the molecule is CC(C)C[C@@H]1NC(=O)[C@@H](CC(C)C)NC(=O)C(C(C)C)NC(=O)[C@H]2CSSC[C@@H](NC1=O)C(=O)N2. The lowest BCUT2D eigenvalue weighted by atomic mass is 9.98. The highest BCUT2D eigenvalue weighted by molar-refractivity contribution is 8.76. The van der Waals surface area contributed by atoms with Crippen molar-refractivity contribution in [1.29, 1.82) is 0 Å². The first-order valence-corrected chi connectivity index (χ1v) is 14.6. The van der Waals surface area contributed by atoms with Crippen LogP contribution in [0.15, 0.2) is 0 Å². The van der Waals surface area contributed by atoms with Gasteiger partial charge >= 0.3 is 0 Å². The van der Waals surface area contributed by atoms with E-state index in [4.69, 9.17) is 0 Å². The Labute approximate surface area is 215 Å². The van der Waals surface area contributed by atoms with Crippen LogP contribution >= 0.6 is 21.6 Å². The molecule has 2 fully saturated rings. The fraction of sp³-hybridized carbons (Fsp3) is 0.783. The van der Waals surface area contributed by atoms with Gasteiger partial charge < -0.3 is 26.6 Å². The highest BCUT2D eigenvalue weighted by Crippen LogP contribution is 2.25. The van der Waals surface area contributed by atoms with Crippen molar-refractivity contribution in [1.82, 2.24) is 26.6 Å². The molecule has 2 bridgehead atoms. The number of amides is 5. The van der Waals surface area contributed by atoms with Crippen LogP contribution in [0.4, 0.5) is 0 Å². The van der Waals surface area contributed by atoms with Crippen LogP contribution in [-0.4, -0.2) is 71.3 Å². The third-order valence-electron chi connectivity index (χ3n) is 5.75. The first kappa shape index (κ1) is 29.3. The average molecular weight is 530 g/mol. The lowest BCUT2D eigenvalue weighted by Crippen LogP contribution is -2.60. The van der Waals surface area contributed by atoms with Crippen LogP contribution < -0.4 is 26.6 Å². The van der Waals surface area contributed by atoms with Crippen LogP contribution in [0.3, 0.4) is 0 Å². The number of carbonyl (C=O) groups excluding carboxylic acids is 5. The van der Waals surface area contributed by atoms with Gasteiger partial charge in [-0.15, -0.1) is 0 Å². The Balaban J connectivity index is 2.47. The summed E-state index contributed by atoms with van der Waals surface area (Å²) in [6.07, 6.45) is 0.734. The lowest BCUT2D eigenvalue weighted by Gasteiger charge is -2.28. The molecule has 0 spiro atoms. The number of hydrogen-bond donors (Lipinski definition) is 5. The van der Waals surface area contributed by atoms with Gasteiger partial charge in [0.15, 0.2) is 0 Å². The molecule has 12 heteroatoms. The van der Waals surface area contributed by atoms with Crippen LogP contribution in [-0.2, 0) is 24.0 Å². The van der Waals surface area contributed by atoms with Gasteiger partial charge in [0, 0.05) is 11.5 Å². The van der Waals surface area contributed by atoms with Crippen molar-refractivity contribution in [3.8, 4) is 0 Å². The molecule has 5 amide bonds. The summed E-state index contributed by atoms with van der Waals surface area (Å²) in [5.41, 5.74) is 0. The van der Waals surface area contributed by atoms with Crippen molar-refractivity contribution < 1.29 is 24.0 Å². The van der Waals surface area contributed by atoms with E-state index in [-0.39, 0.29) is 17.8 Å². The molecule has 5 N–H and O–H groups in total. The van der Waals surface area contributed by atoms with E-state index in [1.54, 1.807) is 13.8 Å². The Morgan fingerprint density at radius 2 is 1.00 bits per heavy atom. The van der Waals surface area contributed by atoms with Gasteiger partial charge in [-0.25, -0.2) is 0 Å². The number of hydrogen-bond acceptors (Lipinski definition) is 7. The zero-order valence-corrected chi connectivity index (χ0v) is 22.9. The summed E-state index contributed by atoms with van der Waals surface area (Å²) in [7, 11) is 2.80. The van der Waals surface area contributed by atoms with Gasteiger partial charge in [-0.2, -0.15) is 0 Å². The molecular formula is C23H39N5O5S2. The molecule has 10 nitrogen and oxygen atoms in total. The Morgan fingerprint density at radius 3 is 1.46 bits per heavy atom. The van der Waals surface area contributed by atoms with Crippen molar-refractivity contribution in [3.05, 3.63) is 0 Å². The minimum atomic E-state index is -0.892. The summed E-state index contributed by atoms with van der Waals surface area (Å²) < 4.78 is 0. The molecule has 0 aliphatic carbocycles. The molecule has 0 saturated carbocycles. The summed E-state index contributed by atoms with van der Waals surface area (Å²) in [6.45, 7) is 11.3. The average Bonchev–Trinajstić information content (AvgIpc) is 2.74. The van der Waals surface area contributed by atoms with Crippen LogP contribution in [0.2, 0.25) is 0 Å². The van der Waals surface area contributed by atoms with E-state index in [1.165, 1.54) is 21.6 Å². The van der Waals surface area contributed by atoms with Crippen molar-refractivity contribution >= 4 is 51.1 Å². The summed E-state index contributed by atoms with van der Waals surface area (Å²) in [5.74, 6) is -1.79. The van der Waals surface area contributed by atoms with Gasteiger partial charge in [0.2, 0.25) is 29.5 Å². The number of fused-ring (bicyclic) bond motifs is 3. The van der Waals surface area contributed by atoms with Crippen molar-refractivity contribution in [2.45, 2.75) is 84.6 Å². The van der Waals surface area contributed by atoms with Crippen LogP contribution in [0.5, 0.6) is 0 Å². The van der Waals surface area contributed by atoms with Gasteiger partial charge in [0.05, 0.1) is 0 Å². The quantitative estimate of drug-likeness (QED) is 0.327. The van der Waals surface area contributed by atoms with Crippen molar-refractivity contribution in [3.63, 3.8) is 0 Å². The maximum absolute atomic E-state index is 13.3. The maximum Gasteiger partial charge on any atom is 0.244 e. The Bertz CT molecular complexity index is 807. The molecule has 0 aromatic carbocycles. The second kappa shape index (κ2) is 13.4. The molecule has 35 heavy (non-hydrogen) atoms. The number of nitrogens with one attached hydrogen (secondary N) is 5. The monoisotopic (exact) mass is 529 g/mol. The largest absolute Gasteiger partial charge is 0.343 e. The number of carbonyl (C=O) groups is 5. The zero-order valence-electron chi connectivity index (χ0n) is 21.3. The van der Waals surface area contributed by atoms with E-state index in [1.807, 2.05) is 27.7 Å². The molecule has 198 valence electrons. The maximum atomic E-state index is 13.3. The first-order valence-electron chi connectivity index (χ1n) is 12.1. The molecule has 2 aliphatic heterocycles. The summed E-state index contributed by atoms with van der Waals surface area (Å²) in [5, 5.41) is 13.8. The Morgan fingerprint density at radius 1 is 0.600 bits per heavy atom. The van der Waals surface area contributed by atoms with E-state index in [2.05, 4.69) is 26.6 Å². The molecular weight excluding hydrogens is 490 g/mol. The minimum Gasteiger partial charge on any atom is -0.343 e. The second-order valence-electron chi connectivity index (χ2n) is 10.3. The second-order valence-corrected chi connectivity index (χ2v) is 12.9.